The van der Waals surface area contributed by atoms with Gasteiger partial charge >= 0.3 is 0 Å². The first-order chi connectivity index (χ1) is 6.83. The lowest BCUT2D eigenvalue weighted by atomic mass is 10.1. The van der Waals surface area contributed by atoms with Gasteiger partial charge in [-0.25, -0.2) is 0 Å². The molecule has 1 aromatic carbocycles. The highest BCUT2D eigenvalue weighted by atomic mass is 16.1. The second-order valence-electron chi connectivity index (χ2n) is 3.08. The van der Waals surface area contributed by atoms with Gasteiger partial charge in [-0.1, -0.05) is 12.1 Å². The van der Waals surface area contributed by atoms with Crippen molar-refractivity contribution in [2.24, 2.45) is 0 Å². The van der Waals surface area contributed by atoms with Crippen molar-refractivity contribution in [3.63, 3.8) is 0 Å². The van der Waals surface area contributed by atoms with Gasteiger partial charge in [0.15, 0.2) is 0 Å². The smallest absolute Gasteiger partial charge is 0.211 e. The molecule has 2 rings (SSSR count). The molecule has 1 amide bonds. The van der Waals surface area contributed by atoms with Gasteiger partial charge in [0.25, 0.3) is 0 Å². The average molecular weight is 186 g/mol. The van der Waals surface area contributed by atoms with Gasteiger partial charge < -0.3 is 5.32 Å². The lowest BCUT2D eigenvalue weighted by Gasteiger charge is -2.06. The van der Waals surface area contributed by atoms with Gasteiger partial charge in [-0.2, -0.15) is 0 Å². The first-order valence-electron chi connectivity index (χ1n) is 4.37. The van der Waals surface area contributed by atoms with Crippen molar-refractivity contribution in [2.45, 2.75) is 6.92 Å². The van der Waals surface area contributed by atoms with Crippen LogP contribution in [0.15, 0.2) is 30.5 Å². The van der Waals surface area contributed by atoms with Crippen LogP contribution in [0.2, 0.25) is 0 Å². The van der Waals surface area contributed by atoms with Gasteiger partial charge in [0.2, 0.25) is 6.41 Å². The number of rotatable bonds is 2. The lowest BCUT2D eigenvalue weighted by Crippen LogP contribution is -1.97. The Morgan fingerprint density at radius 2 is 2.21 bits per heavy atom. The predicted molar refractivity (Wildman–Crippen MR) is 56.2 cm³/mol. The molecule has 3 heteroatoms. The Labute approximate surface area is 81.8 Å². The second-order valence-corrected chi connectivity index (χ2v) is 3.08. The highest BCUT2D eigenvalue weighted by Crippen LogP contribution is 2.22. The number of carbonyl (C=O) groups is 1. The Hall–Kier alpha value is -1.90. The molecule has 0 aliphatic heterocycles. The number of anilines is 1. The van der Waals surface area contributed by atoms with Gasteiger partial charge in [-0.15, -0.1) is 0 Å². The summed E-state index contributed by atoms with van der Waals surface area (Å²) in [6.07, 6.45) is 2.43. The van der Waals surface area contributed by atoms with Gasteiger partial charge in [0, 0.05) is 17.3 Å². The molecule has 0 aliphatic carbocycles. The molecular weight excluding hydrogens is 176 g/mol. The van der Waals surface area contributed by atoms with Crippen LogP contribution in [0.25, 0.3) is 10.9 Å². The van der Waals surface area contributed by atoms with Crippen molar-refractivity contribution in [1.82, 2.24) is 4.98 Å². The summed E-state index contributed by atoms with van der Waals surface area (Å²) < 4.78 is 0. The number of aryl methyl sites for hydroxylation is 1. The first-order valence-corrected chi connectivity index (χ1v) is 4.37. The number of aromatic nitrogens is 1. The molecular formula is C11H10N2O. The number of pyridine rings is 1. The van der Waals surface area contributed by atoms with Crippen LogP contribution in [0.4, 0.5) is 5.69 Å². The molecule has 1 aromatic heterocycles. The summed E-state index contributed by atoms with van der Waals surface area (Å²) in [5.41, 5.74) is 2.74. The lowest BCUT2D eigenvalue weighted by molar-refractivity contribution is -0.105. The maximum absolute atomic E-state index is 10.3. The summed E-state index contributed by atoms with van der Waals surface area (Å²) in [5.74, 6) is 0. The van der Waals surface area contributed by atoms with Crippen LogP contribution in [-0.2, 0) is 4.79 Å². The summed E-state index contributed by atoms with van der Waals surface area (Å²) in [6, 6.07) is 7.73. The molecule has 3 nitrogen and oxygen atoms in total. The molecule has 1 N–H and O–H groups in total. The Kier molecular flexibility index (Phi) is 2.14. The van der Waals surface area contributed by atoms with E-state index in [0.29, 0.717) is 6.41 Å². The average Bonchev–Trinajstić information content (AvgIpc) is 2.23. The van der Waals surface area contributed by atoms with Crippen molar-refractivity contribution in [3.05, 3.63) is 36.0 Å². The van der Waals surface area contributed by atoms with E-state index in [4.69, 9.17) is 0 Å². The van der Waals surface area contributed by atoms with Gasteiger partial charge in [0.05, 0.1) is 5.52 Å². The van der Waals surface area contributed by atoms with E-state index in [9.17, 15) is 4.79 Å². The van der Waals surface area contributed by atoms with Crippen LogP contribution in [0.3, 0.4) is 0 Å². The topological polar surface area (TPSA) is 42.0 Å². The molecule has 0 fully saturated rings. The fraction of sp³-hybridized carbons (Fsp3) is 0.0909. The largest absolute Gasteiger partial charge is 0.328 e. The number of nitrogens with one attached hydrogen (secondary N) is 1. The molecule has 1 heterocycles. The van der Waals surface area contributed by atoms with Crippen LogP contribution in [0.1, 0.15) is 5.56 Å². The first kappa shape index (κ1) is 8.69. The Morgan fingerprint density at radius 3 is 3.00 bits per heavy atom. The van der Waals surface area contributed by atoms with E-state index in [-0.39, 0.29) is 0 Å². The number of amides is 1. The normalized spacial score (nSPS) is 10.1. The van der Waals surface area contributed by atoms with Crippen molar-refractivity contribution in [2.75, 3.05) is 5.32 Å². The molecule has 0 bridgehead atoms. The number of hydrogen-bond acceptors (Lipinski definition) is 2. The second kappa shape index (κ2) is 3.46. The quantitative estimate of drug-likeness (QED) is 0.730. The molecule has 0 atom stereocenters. The molecule has 0 spiro atoms. The van der Waals surface area contributed by atoms with Crippen LogP contribution < -0.4 is 5.32 Å². The molecule has 0 unspecified atom stereocenters. The van der Waals surface area contributed by atoms with E-state index in [1.165, 1.54) is 0 Å². The number of benzene rings is 1. The summed E-state index contributed by atoms with van der Waals surface area (Å²) in [5, 5.41) is 3.73. The fourth-order valence-corrected chi connectivity index (χ4v) is 1.51. The van der Waals surface area contributed by atoms with E-state index in [2.05, 4.69) is 10.3 Å². The van der Waals surface area contributed by atoms with Gasteiger partial charge in [0.1, 0.15) is 0 Å². The van der Waals surface area contributed by atoms with Gasteiger partial charge in [-0.3, -0.25) is 9.78 Å². The minimum absolute atomic E-state index is 0.678. The van der Waals surface area contributed by atoms with E-state index in [1.807, 2.05) is 31.2 Å². The maximum atomic E-state index is 10.3. The van der Waals surface area contributed by atoms with E-state index >= 15 is 0 Å². The molecule has 0 saturated carbocycles. The summed E-state index contributed by atoms with van der Waals surface area (Å²) in [6.45, 7) is 1.95. The Balaban J connectivity index is 2.68. The van der Waals surface area contributed by atoms with E-state index in [1.54, 1.807) is 6.20 Å². The van der Waals surface area contributed by atoms with Crippen molar-refractivity contribution < 1.29 is 4.79 Å². The molecule has 14 heavy (non-hydrogen) atoms. The number of hydrogen-bond donors (Lipinski definition) is 1. The highest BCUT2D eigenvalue weighted by Gasteiger charge is 2.02. The zero-order valence-electron chi connectivity index (χ0n) is 7.82. The Bertz CT molecular complexity index is 480. The third-order valence-corrected chi connectivity index (χ3v) is 2.24. The monoisotopic (exact) mass is 186 g/mol. The van der Waals surface area contributed by atoms with Gasteiger partial charge in [-0.05, 0) is 24.6 Å². The van der Waals surface area contributed by atoms with Crippen LogP contribution in [-0.4, -0.2) is 11.4 Å². The molecule has 70 valence electrons. The van der Waals surface area contributed by atoms with Crippen molar-refractivity contribution >= 4 is 23.0 Å². The molecule has 0 saturated heterocycles. The summed E-state index contributed by atoms with van der Waals surface area (Å²) >= 11 is 0. The number of carbonyl (C=O) groups excluding carboxylic acids is 1. The SMILES string of the molecule is Cc1c(NC=O)ccc2cccnc12. The number of fused-ring (bicyclic) bond motifs is 1. The van der Waals surface area contributed by atoms with Crippen molar-refractivity contribution in [1.29, 1.82) is 0 Å². The maximum Gasteiger partial charge on any atom is 0.211 e. The summed E-state index contributed by atoms with van der Waals surface area (Å²) in [4.78, 5) is 14.6. The molecule has 2 aromatic rings. The predicted octanol–water partition coefficient (Wildman–Crippen LogP) is 2.11. The standard InChI is InChI=1S/C11H10N2O/c1-8-10(13-7-14)5-4-9-3-2-6-12-11(8)9/h2-7H,1H3,(H,13,14). The third kappa shape index (κ3) is 1.33. The zero-order chi connectivity index (χ0) is 9.97. The minimum atomic E-state index is 0.678. The van der Waals surface area contributed by atoms with Crippen LogP contribution in [0.5, 0.6) is 0 Å². The summed E-state index contributed by atoms with van der Waals surface area (Å²) in [7, 11) is 0. The molecule has 0 aliphatic rings. The Morgan fingerprint density at radius 1 is 1.36 bits per heavy atom. The van der Waals surface area contributed by atoms with Crippen LogP contribution in [0, 0.1) is 6.92 Å². The molecule has 0 radical (unpaired) electrons. The van der Waals surface area contributed by atoms with Crippen LogP contribution >= 0.6 is 0 Å². The third-order valence-electron chi connectivity index (χ3n) is 2.24. The van der Waals surface area contributed by atoms with Crippen molar-refractivity contribution in [3.8, 4) is 0 Å². The van der Waals surface area contributed by atoms with E-state index < -0.39 is 0 Å². The zero-order valence-corrected chi connectivity index (χ0v) is 7.82. The highest BCUT2D eigenvalue weighted by molar-refractivity contribution is 5.89. The number of nitrogens with zero attached hydrogens (tertiary/aromatic N) is 1. The minimum Gasteiger partial charge on any atom is -0.328 e. The fourth-order valence-electron chi connectivity index (χ4n) is 1.51. The van der Waals surface area contributed by atoms with E-state index in [0.717, 1.165) is 22.2 Å².